The van der Waals surface area contributed by atoms with Crippen LogP contribution in [0, 0.1) is 23.7 Å². The topological polar surface area (TPSA) is 138 Å². The molecule has 0 heterocycles. The molecule has 1 fully saturated rings. The van der Waals surface area contributed by atoms with Crippen molar-refractivity contribution < 1.29 is 39.2 Å². The second kappa shape index (κ2) is 8.14. The zero-order valence-electron chi connectivity index (χ0n) is 15.1. The summed E-state index contributed by atoms with van der Waals surface area (Å²) < 4.78 is 4.69. The molecule has 2 aromatic carbocycles. The molecule has 1 saturated carbocycles. The second-order valence-electron chi connectivity index (χ2n) is 6.92. The molecule has 150 valence electrons. The number of carboxylic acids is 3. The number of allylic oxidation sites excluding steroid dienone is 2. The number of aliphatic carboxylic acids is 2. The van der Waals surface area contributed by atoms with Crippen molar-refractivity contribution in [3.8, 4) is 5.75 Å². The van der Waals surface area contributed by atoms with Crippen LogP contribution in [0.1, 0.15) is 16.8 Å². The molecule has 0 spiro atoms. The smallest absolute Gasteiger partial charge is 0.335 e. The van der Waals surface area contributed by atoms with E-state index in [-0.39, 0.29) is 17.4 Å². The van der Waals surface area contributed by atoms with Gasteiger partial charge in [0.1, 0.15) is 5.75 Å². The summed E-state index contributed by atoms with van der Waals surface area (Å²) in [6.07, 6.45) is 4.36. The second-order valence-corrected chi connectivity index (χ2v) is 6.92. The van der Waals surface area contributed by atoms with Gasteiger partial charge in [-0.3, -0.25) is 14.4 Å². The lowest BCUT2D eigenvalue weighted by Gasteiger charge is -2.20. The fourth-order valence-corrected chi connectivity index (χ4v) is 3.98. The van der Waals surface area contributed by atoms with Gasteiger partial charge in [-0.25, -0.2) is 4.79 Å². The lowest BCUT2D eigenvalue weighted by atomic mass is 9.83. The van der Waals surface area contributed by atoms with Crippen molar-refractivity contribution in [3.63, 3.8) is 0 Å². The van der Waals surface area contributed by atoms with Crippen molar-refractivity contribution in [1.29, 1.82) is 0 Å². The molecule has 4 atom stereocenters. The number of hydrogen-bond acceptors (Lipinski definition) is 5. The Morgan fingerprint density at radius 2 is 1.41 bits per heavy atom. The molecule has 4 rings (SSSR count). The van der Waals surface area contributed by atoms with Crippen LogP contribution in [0.4, 0.5) is 0 Å². The lowest BCUT2D eigenvalue weighted by Crippen LogP contribution is -2.32. The number of carbonyl (C=O) groups is 4. The average Bonchev–Trinajstić information content (AvgIpc) is 3.30. The highest BCUT2D eigenvalue weighted by Crippen LogP contribution is 2.48. The lowest BCUT2D eigenvalue weighted by molar-refractivity contribution is -0.154. The molecule has 8 nitrogen and oxygen atoms in total. The molecular formula is C21H18O8. The maximum absolute atomic E-state index is 10.8. The van der Waals surface area contributed by atoms with E-state index in [1.807, 2.05) is 12.2 Å². The highest BCUT2D eigenvalue weighted by atomic mass is 16.5. The van der Waals surface area contributed by atoms with Gasteiger partial charge in [-0.05, 0) is 53.3 Å². The van der Waals surface area contributed by atoms with Gasteiger partial charge in [-0.2, -0.15) is 0 Å². The van der Waals surface area contributed by atoms with E-state index in [9.17, 15) is 19.2 Å². The minimum absolute atomic E-state index is 0.0661. The van der Waals surface area contributed by atoms with Crippen molar-refractivity contribution in [2.75, 3.05) is 0 Å². The first-order valence-electron chi connectivity index (χ1n) is 8.83. The van der Waals surface area contributed by atoms with Gasteiger partial charge in [0.15, 0.2) is 0 Å². The fraction of sp³-hybridized carbons (Fsp3) is 0.238. The number of hydrogen-bond donors (Lipinski definition) is 3. The van der Waals surface area contributed by atoms with E-state index in [4.69, 9.17) is 20.1 Å². The van der Waals surface area contributed by atoms with Gasteiger partial charge in [0.05, 0.1) is 17.4 Å². The van der Waals surface area contributed by atoms with Crippen LogP contribution in [-0.2, 0) is 14.4 Å². The van der Waals surface area contributed by atoms with E-state index in [0.717, 1.165) is 10.8 Å². The summed E-state index contributed by atoms with van der Waals surface area (Å²) in [4.78, 5) is 42.5. The van der Waals surface area contributed by atoms with Crippen LogP contribution in [0.3, 0.4) is 0 Å². The van der Waals surface area contributed by atoms with Gasteiger partial charge in [-0.15, -0.1) is 0 Å². The molecule has 2 aliphatic carbocycles. The van der Waals surface area contributed by atoms with E-state index in [2.05, 4.69) is 0 Å². The molecule has 29 heavy (non-hydrogen) atoms. The highest BCUT2D eigenvalue weighted by Gasteiger charge is 2.51. The van der Waals surface area contributed by atoms with E-state index in [0.29, 0.717) is 18.6 Å². The number of ether oxygens (including phenoxy) is 1. The van der Waals surface area contributed by atoms with E-state index < -0.39 is 29.7 Å². The molecule has 2 aromatic rings. The average molecular weight is 398 g/mol. The third-order valence-corrected chi connectivity index (χ3v) is 5.27. The van der Waals surface area contributed by atoms with Crippen LogP contribution >= 0.6 is 0 Å². The molecule has 0 aromatic heterocycles. The van der Waals surface area contributed by atoms with Gasteiger partial charge in [-0.1, -0.05) is 24.3 Å². The van der Waals surface area contributed by atoms with Crippen molar-refractivity contribution in [2.45, 2.75) is 6.42 Å². The largest absolute Gasteiger partial charge is 0.481 e. The predicted octanol–water partition coefficient (Wildman–Crippen LogP) is 2.67. The number of rotatable bonds is 5. The normalized spacial score (nSPS) is 23.9. The zero-order valence-corrected chi connectivity index (χ0v) is 15.1. The van der Waals surface area contributed by atoms with Crippen LogP contribution in [0.25, 0.3) is 10.8 Å². The summed E-state index contributed by atoms with van der Waals surface area (Å²) in [5.74, 6) is -4.05. The first kappa shape index (κ1) is 20.1. The Morgan fingerprint density at radius 1 is 0.862 bits per heavy atom. The molecule has 0 saturated heterocycles. The van der Waals surface area contributed by atoms with Crippen LogP contribution in [-0.4, -0.2) is 39.7 Å². The van der Waals surface area contributed by atoms with Crippen molar-refractivity contribution in [2.24, 2.45) is 23.7 Å². The number of carboxylic acid groups (broad SMARTS) is 3. The summed E-state index contributed by atoms with van der Waals surface area (Å²) in [5, 5.41) is 28.1. The van der Waals surface area contributed by atoms with Gasteiger partial charge >= 0.3 is 17.9 Å². The molecule has 3 N–H and O–H groups in total. The van der Waals surface area contributed by atoms with Crippen molar-refractivity contribution in [1.82, 2.24) is 0 Å². The maximum Gasteiger partial charge on any atom is 0.335 e. The fourth-order valence-electron chi connectivity index (χ4n) is 3.98. The zero-order chi connectivity index (χ0) is 21.1. The van der Waals surface area contributed by atoms with Crippen LogP contribution < -0.4 is 4.74 Å². The van der Waals surface area contributed by atoms with Gasteiger partial charge in [0, 0.05) is 0 Å². The molecule has 0 radical (unpaired) electrons. The standard InChI is InChI=1S/C12H8O4.C9H10O4/c13-7-16-11-4-3-8-5-10(12(14)15)2-1-9(8)6-11;10-8(11)6-4-1-2-5(3-4)7(6)9(12)13/h1-7H,(H,14,15);1-2,4-7H,3H2,(H,10,11)(H,12,13). The monoisotopic (exact) mass is 398 g/mol. The summed E-state index contributed by atoms with van der Waals surface area (Å²) in [6, 6.07) is 9.76. The van der Waals surface area contributed by atoms with E-state index in [1.165, 1.54) is 6.07 Å². The third-order valence-electron chi connectivity index (χ3n) is 5.27. The Bertz CT molecular complexity index is 981. The first-order chi connectivity index (χ1) is 13.8. The summed E-state index contributed by atoms with van der Waals surface area (Å²) in [7, 11) is 0. The molecule has 4 unspecified atom stereocenters. The summed E-state index contributed by atoms with van der Waals surface area (Å²) in [5.41, 5.74) is 0.233. The minimum atomic E-state index is -0.982. The molecule has 0 amide bonds. The highest BCUT2D eigenvalue weighted by molar-refractivity contribution is 5.94. The van der Waals surface area contributed by atoms with Gasteiger partial charge < -0.3 is 20.1 Å². The van der Waals surface area contributed by atoms with Crippen LogP contribution in [0.5, 0.6) is 5.75 Å². The maximum atomic E-state index is 10.8. The number of aromatic carboxylic acids is 1. The Labute approximate surface area is 165 Å². The van der Waals surface area contributed by atoms with Gasteiger partial charge in [0.2, 0.25) is 0 Å². The van der Waals surface area contributed by atoms with Gasteiger partial charge in [0.25, 0.3) is 6.47 Å². The molecular weight excluding hydrogens is 380 g/mol. The number of carbonyl (C=O) groups excluding carboxylic acids is 1. The Kier molecular flexibility index (Phi) is 5.63. The third kappa shape index (κ3) is 4.11. The summed E-state index contributed by atoms with van der Waals surface area (Å²) >= 11 is 0. The molecule has 8 heteroatoms. The van der Waals surface area contributed by atoms with E-state index >= 15 is 0 Å². The van der Waals surface area contributed by atoms with Crippen molar-refractivity contribution >= 4 is 35.2 Å². The predicted molar refractivity (Wildman–Crippen MR) is 101 cm³/mol. The number of benzene rings is 2. The molecule has 0 aliphatic heterocycles. The van der Waals surface area contributed by atoms with Crippen LogP contribution in [0.15, 0.2) is 48.6 Å². The van der Waals surface area contributed by atoms with Crippen molar-refractivity contribution in [3.05, 3.63) is 54.1 Å². The first-order valence-corrected chi connectivity index (χ1v) is 8.83. The quantitative estimate of drug-likeness (QED) is 0.516. The summed E-state index contributed by atoms with van der Waals surface area (Å²) in [6.45, 7) is 0.354. The molecule has 2 aliphatic rings. The minimum Gasteiger partial charge on any atom is -0.481 e. The number of fused-ring (bicyclic) bond motifs is 3. The SMILES string of the molecule is O=C(O)C1C2C=CC(C2)C1C(=O)O.O=COc1ccc2cc(C(=O)O)ccc2c1. The Morgan fingerprint density at radius 3 is 1.93 bits per heavy atom. The molecule has 2 bridgehead atoms. The Hall–Kier alpha value is -3.68. The van der Waals surface area contributed by atoms with Crippen LogP contribution in [0.2, 0.25) is 0 Å². The van der Waals surface area contributed by atoms with E-state index in [1.54, 1.807) is 30.3 Å². The Balaban J connectivity index is 0.000000169.